The number of hydrogen-bond donors (Lipinski definition) is 2. The molecule has 0 aliphatic heterocycles. The van der Waals surface area contributed by atoms with Gasteiger partial charge in [-0.05, 0) is 85.0 Å². The number of aliphatic hydroxyl groups excluding tert-OH is 2. The molecule has 0 radical (unpaired) electrons. The van der Waals surface area contributed by atoms with Gasteiger partial charge in [-0.15, -0.1) is 0 Å². The summed E-state index contributed by atoms with van der Waals surface area (Å²) in [7, 11) is 0. The lowest BCUT2D eigenvalue weighted by atomic mass is 9.46. The second kappa shape index (κ2) is 5.92. The molecule has 3 heteroatoms. The Hall–Kier alpha value is -0.670. The summed E-state index contributed by atoms with van der Waals surface area (Å²) in [5.74, 6) is 1.94. The molecule has 0 aromatic rings. The highest BCUT2D eigenvalue weighted by atomic mass is 19.1. The Labute approximate surface area is 151 Å². The predicted octanol–water partition coefficient (Wildman–Crippen LogP) is 4.77. The highest BCUT2D eigenvalue weighted by Crippen LogP contribution is 2.67. The second-order valence-electron chi connectivity index (χ2n) is 9.73. The van der Waals surface area contributed by atoms with Crippen LogP contribution in [0.1, 0.15) is 65.7 Å². The molecule has 4 aliphatic rings. The smallest absolute Gasteiger partial charge is 0.125 e. The van der Waals surface area contributed by atoms with Crippen molar-refractivity contribution in [3.63, 3.8) is 0 Å². The Kier molecular flexibility index (Phi) is 4.20. The maximum absolute atomic E-state index is 14.3. The van der Waals surface area contributed by atoms with Gasteiger partial charge in [0.15, 0.2) is 0 Å². The van der Waals surface area contributed by atoms with Gasteiger partial charge in [0.1, 0.15) is 5.83 Å². The summed E-state index contributed by atoms with van der Waals surface area (Å²) in [5, 5.41) is 19.6. The quantitative estimate of drug-likeness (QED) is 0.670. The fourth-order valence-corrected chi connectivity index (χ4v) is 7.40. The maximum Gasteiger partial charge on any atom is 0.125 e. The van der Waals surface area contributed by atoms with Gasteiger partial charge in [0.25, 0.3) is 0 Å². The molecule has 25 heavy (non-hydrogen) atoms. The molecule has 140 valence electrons. The third-order valence-electron chi connectivity index (χ3n) is 8.69. The van der Waals surface area contributed by atoms with Crippen LogP contribution in [0.3, 0.4) is 0 Å². The van der Waals surface area contributed by atoms with Crippen LogP contribution in [0.2, 0.25) is 0 Å². The Bertz CT molecular complexity index is 624. The molecule has 2 nitrogen and oxygen atoms in total. The minimum atomic E-state index is -0.439. The Morgan fingerprint density at radius 2 is 1.88 bits per heavy atom. The zero-order valence-corrected chi connectivity index (χ0v) is 15.9. The van der Waals surface area contributed by atoms with Gasteiger partial charge in [0, 0.05) is 0 Å². The summed E-state index contributed by atoms with van der Waals surface area (Å²) in [5.41, 5.74) is 2.56. The first-order valence-electron chi connectivity index (χ1n) is 10.2. The molecule has 0 bridgehead atoms. The molecule has 0 saturated heterocycles. The Balaban J connectivity index is 1.68. The summed E-state index contributed by atoms with van der Waals surface area (Å²) in [4.78, 5) is 0. The molecule has 2 N–H and O–H groups in total. The molecule has 0 aromatic heterocycles. The van der Waals surface area contributed by atoms with Crippen molar-refractivity contribution in [3.8, 4) is 0 Å². The molecule has 4 aliphatic carbocycles. The van der Waals surface area contributed by atoms with Crippen molar-refractivity contribution in [1.29, 1.82) is 0 Å². The van der Waals surface area contributed by atoms with E-state index in [0.29, 0.717) is 23.7 Å². The van der Waals surface area contributed by atoms with Gasteiger partial charge in [-0.1, -0.05) is 32.4 Å². The van der Waals surface area contributed by atoms with Crippen LogP contribution in [0.15, 0.2) is 23.0 Å². The number of hydrogen-bond acceptors (Lipinski definition) is 2. The van der Waals surface area contributed by atoms with E-state index in [-0.39, 0.29) is 22.8 Å². The van der Waals surface area contributed by atoms with Gasteiger partial charge in [-0.25, -0.2) is 4.39 Å². The van der Waals surface area contributed by atoms with E-state index in [9.17, 15) is 14.6 Å². The zero-order chi connectivity index (χ0) is 18.0. The lowest BCUT2D eigenvalue weighted by molar-refractivity contribution is -0.0418. The molecule has 0 heterocycles. The van der Waals surface area contributed by atoms with E-state index in [0.717, 1.165) is 44.1 Å². The van der Waals surface area contributed by atoms with E-state index in [1.165, 1.54) is 12.0 Å². The van der Waals surface area contributed by atoms with E-state index in [1.54, 1.807) is 0 Å². The highest BCUT2D eigenvalue weighted by Gasteiger charge is 2.58. The van der Waals surface area contributed by atoms with Crippen molar-refractivity contribution in [1.82, 2.24) is 0 Å². The van der Waals surface area contributed by atoms with Crippen molar-refractivity contribution in [2.75, 3.05) is 6.61 Å². The molecule has 0 spiro atoms. The lowest BCUT2D eigenvalue weighted by Gasteiger charge is -2.58. The number of fused-ring (bicyclic) bond motifs is 5. The molecule has 7 atom stereocenters. The first kappa shape index (κ1) is 17.7. The van der Waals surface area contributed by atoms with Crippen molar-refractivity contribution in [2.45, 2.75) is 71.8 Å². The first-order valence-corrected chi connectivity index (χ1v) is 10.2. The minimum Gasteiger partial charge on any atom is -0.389 e. The second-order valence-corrected chi connectivity index (χ2v) is 9.73. The number of rotatable bonds is 1. The summed E-state index contributed by atoms with van der Waals surface area (Å²) in [6, 6.07) is 0. The highest BCUT2D eigenvalue weighted by molar-refractivity contribution is 5.30. The standard InChI is InChI=1S/C22H33FO2/c1-13-11-22(3)14(10-20(13)25)4-5-15-16-6-7-18(19(23)12-24)21(16,2)9-8-17(15)22/h10,13,15-17,20,24-25H,4-9,11-12H2,1-3H3/t13-,15+,16+,17+,20-,21+,22+/m1/s1. The zero-order valence-electron chi connectivity index (χ0n) is 15.9. The lowest BCUT2D eigenvalue weighted by Crippen LogP contribution is -2.51. The van der Waals surface area contributed by atoms with Crippen molar-refractivity contribution in [2.24, 2.45) is 34.5 Å². The molecule has 3 saturated carbocycles. The maximum atomic E-state index is 14.3. The van der Waals surface area contributed by atoms with Crippen LogP contribution in [-0.2, 0) is 0 Å². The van der Waals surface area contributed by atoms with E-state index in [2.05, 4.69) is 26.8 Å². The fraction of sp³-hybridized carbons (Fsp3) is 0.818. The Morgan fingerprint density at radius 1 is 1.16 bits per heavy atom. The molecule has 0 amide bonds. The van der Waals surface area contributed by atoms with Crippen LogP contribution in [0.5, 0.6) is 0 Å². The van der Waals surface area contributed by atoms with Gasteiger partial charge in [-0.3, -0.25) is 0 Å². The predicted molar refractivity (Wildman–Crippen MR) is 97.5 cm³/mol. The van der Waals surface area contributed by atoms with Gasteiger partial charge in [-0.2, -0.15) is 0 Å². The number of halogens is 1. The van der Waals surface area contributed by atoms with Crippen molar-refractivity contribution >= 4 is 0 Å². The number of allylic oxidation sites excluding steroid dienone is 2. The molecule has 0 aromatic carbocycles. The SMILES string of the molecule is C[C@@H]1C[C@@]2(C)C(=C[C@H]1O)CC[C@@H]1[C@@H]2CC[C@]2(C)C(=C(F)CO)CC[C@@H]12. The Morgan fingerprint density at radius 3 is 2.60 bits per heavy atom. The summed E-state index contributed by atoms with van der Waals surface area (Å²) < 4.78 is 14.3. The van der Waals surface area contributed by atoms with Crippen molar-refractivity contribution < 1.29 is 14.6 Å². The van der Waals surface area contributed by atoms with E-state index < -0.39 is 6.61 Å². The van der Waals surface area contributed by atoms with Crippen LogP contribution in [0.4, 0.5) is 4.39 Å². The van der Waals surface area contributed by atoms with Crippen LogP contribution < -0.4 is 0 Å². The third kappa shape index (κ3) is 2.41. The van der Waals surface area contributed by atoms with Gasteiger partial charge in [0.2, 0.25) is 0 Å². The molecular formula is C22H33FO2. The molecule has 3 fully saturated rings. The van der Waals surface area contributed by atoms with Gasteiger partial charge < -0.3 is 10.2 Å². The topological polar surface area (TPSA) is 40.5 Å². The third-order valence-corrected chi connectivity index (χ3v) is 8.69. The van der Waals surface area contributed by atoms with Crippen LogP contribution in [0, 0.1) is 34.5 Å². The van der Waals surface area contributed by atoms with E-state index in [1.807, 2.05) is 0 Å². The normalized spacial score (nSPS) is 51.3. The molecule has 0 unspecified atom stereocenters. The first-order chi connectivity index (χ1) is 11.8. The summed E-state index contributed by atoms with van der Waals surface area (Å²) in [6.45, 7) is 6.42. The van der Waals surface area contributed by atoms with Crippen LogP contribution in [-0.4, -0.2) is 22.9 Å². The average Bonchev–Trinajstić information content (AvgIpc) is 2.93. The van der Waals surface area contributed by atoms with Gasteiger partial charge in [0.05, 0.1) is 12.7 Å². The van der Waals surface area contributed by atoms with E-state index in [4.69, 9.17) is 0 Å². The molecular weight excluding hydrogens is 315 g/mol. The number of aliphatic hydroxyl groups is 2. The van der Waals surface area contributed by atoms with Crippen LogP contribution in [0.25, 0.3) is 0 Å². The summed E-state index contributed by atoms with van der Waals surface area (Å²) >= 11 is 0. The van der Waals surface area contributed by atoms with E-state index >= 15 is 0 Å². The fourth-order valence-electron chi connectivity index (χ4n) is 7.40. The monoisotopic (exact) mass is 348 g/mol. The minimum absolute atomic E-state index is 0.0502. The van der Waals surface area contributed by atoms with Gasteiger partial charge >= 0.3 is 0 Å². The van der Waals surface area contributed by atoms with Crippen molar-refractivity contribution in [3.05, 3.63) is 23.0 Å². The average molecular weight is 349 g/mol. The van der Waals surface area contributed by atoms with Crippen LogP contribution >= 0.6 is 0 Å². The largest absolute Gasteiger partial charge is 0.389 e. The summed E-state index contributed by atoms with van der Waals surface area (Å²) in [6.07, 6.45) is 9.32. The molecule has 4 rings (SSSR count).